The first-order valence-electron chi connectivity index (χ1n) is 15.4. The molecule has 44 heavy (non-hydrogen) atoms. The number of benzene rings is 9. The third-order valence-corrected chi connectivity index (χ3v) is 9.74. The Bertz CT molecular complexity index is 2650. The van der Waals surface area contributed by atoms with Gasteiger partial charge in [-0.05, 0) is 123 Å². The summed E-state index contributed by atoms with van der Waals surface area (Å²) in [6.07, 6.45) is 0. The molecular weight excluding hydrogens is 528 g/mol. The van der Waals surface area contributed by atoms with E-state index in [9.17, 15) is 0 Å². The number of hydrogen-bond donors (Lipinski definition) is 0. The van der Waals surface area contributed by atoms with Crippen molar-refractivity contribution in [2.24, 2.45) is 0 Å². The molecule has 9 aromatic carbocycles. The van der Waals surface area contributed by atoms with Crippen molar-refractivity contribution in [3.8, 4) is 44.5 Å². The maximum absolute atomic E-state index is 2.39. The summed E-state index contributed by atoms with van der Waals surface area (Å²) in [7, 11) is 0. The molecule has 0 spiro atoms. The molecule has 0 heterocycles. The molecule has 0 atom stereocenters. The highest BCUT2D eigenvalue weighted by Gasteiger charge is 2.24. The molecule has 0 fully saturated rings. The smallest absolute Gasteiger partial charge is 0.00137 e. The maximum Gasteiger partial charge on any atom is -0.00137 e. The first-order valence-corrected chi connectivity index (χ1v) is 15.4. The fourth-order valence-corrected chi connectivity index (χ4v) is 7.75. The van der Waals surface area contributed by atoms with Gasteiger partial charge in [-0.3, -0.25) is 0 Å². The van der Waals surface area contributed by atoms with Crippen LogP contribution in [0.4, 0.5) is 0 Å². The Kier molecular flexibility index (Phi) is 4.81. The van der Waals surface area contributed by atoms with Crippen LogP contribution >= 0.6 is 0 Å². The zero-order valence-electron chi connectivity index (χ0n) is 24.0. The zero-order valence-corrected chi connectivity index (χ0v) is 24.0. The molecule has 9 aromatic rings. The average molecular weight is 555 g/mol. The molecule has 0 N–H and O–H groups in total. The van der Waals surface area contributed by atoms with E-state index in [0.29, 0.717) is 0 Å². The third-order valence-electron chi connectivity index (χ3n) is 9.74. The summed E-state index contributed by atoms with van der Waals surface area (Å²) in [5.74, 6) is 0. The Morgan fingerprint density at radius 2 is 0.773 bits per heavy atom. The van der Waals surface area contributed by atoms with Gasteiger partial charge in [0.2, 0.25) is 0 Å². The Morgan fingerprint density at radius 3 is 1.55 bits per heavy atom. The Balaban J connectivity index is 1.22. The van der Waals surface area contributed by atoms with Gasteiger partial charge in [-0.15, -0.1) is 0 Å². The van der Waals surface area contributed by atoms with Crippen molar-refractivity contribution in [2.75, 3.05) is 0 Å². The molecule has 202 valence electrons. The number of fused-ring (bicyclic) bond motifs is 9. The molecule has 0 saturated heterocycles. The summed E-state index contributed by atoms with van der Waals surface area (Å²) < 4.78 is 0. The van der Waals surface area contributed by atoms with Crippen LogP contribution in [0.1, 0.15) is 0 Å². The third kappa shape index (κ3) is 3.28. The largest absolute Gasteiger partial charge is 0.0616 e. The quantitative estimate of drug-likeness (QED) is 0.186. The second kappa shape index (κ2) is 8.89. The average Bonchev–Trinajstić information content (AvgIpc) is 3.41. The molecule has 0 nitrogen and oxygen atoms in total. The van der Waals surface area contributed by atoms with Gasteiger partial charge in [-0.25, -0.2) is 0 Å². The lowest BCUT2D eigenvalue weighted by Crippen LogP contribution is -1.88. The fourth-order valence-electron chi connectivity index (χ4n) is 7.75. The van der Waals surface area contributed by atoms with Gasteiger partial charge >= 0.3 is 0 Å². The second-order valence-corrected chi connectivity index (χ2v) is 12.1. The fraction of sp³-hybridized carbons (Fsp3) is 0. The Labute approximate surface area is 255 Å². The summed E-state index contributed by atoms with van der Waals surface area (Å²) >= 11 is 0. The highest BCUT2D eigenvalue weighted by atomic mass is 14.3. The number of rotatable bonds is 2. The van der Waals surface area contributed by atoms with Gasteiger partial charge in [0, 0.05) is 0 Å². The molecular formula is C44H26. The lowest BCUT2D eigenvalue weighted by Gasteiger charge is -2.15. The van der Waals surface area contributed by atoms with E-state index >= 15 is 0 Å². The lowest BCUT2D eigenvalue weighted by atomic mass is 9.89. The van der Waals surface area contributed by atoms with E-state index in [-0.39, 0.29) is 0 Å². The van der Waals surface area contributed by atoms with Crippen LogP contribution in [-0.2, 0) is 0 Å². The molecule has 1 aliphatic rings. The van der Waals surface area contributed by atoms with Gasteiger partial charge in [0.1, 0.15) is 0 Å². The summed E-state index contributed by atoms with van der Waals surface area (Å²) in [4.78, 5) is 0. The van der Waals surface area contributed by atoms with Crippen LogP contribution in [0.15, 0.2) is 158 Å². The summed E-state index contributed by atoms with van der Waals surface area (Å²) in [5.41, 5.74) is 10.4. The number of hydrogen-bond acceptors (Lipinski definition) is 0. The van der Waals surface area contributed by atoms with Crippen molar-refractivity contribution < 1.29 is 0 Å². The highest BCUT2D eigenvalue weighted by Crippen LogP contribution is 2.51. The van der Waals surface area contributed by atoms with Crippen molar-refractivity contribution >= 4 is 53.9 Å². The van der Waals surface area contributed by atoms with Gasteiger partial charge in [-0.2, -0.15) is 0 Å². The van der Waals surface area contributed by atoms with E-state index in [1.54, 1.807) is 0 Å². The van der Waals surface area contributed by atoms with Crippen molar-refractivity contribution in [3.63, 3.8) is 0 Å². The van der Waals surface area contributed by atoms with E-state index < -0.39 is 0 Å². The normalized spacial score (nSPS) is 12.1. The lowest BCUT2D eigenvalue weighted by molar-refractivity contribution is 1.67. The second-order valence-electron chi connectivity index (χ2n) is 12.1. The van der Waals surface area contributed by atoms with Crippen LogP contribution in [-0.4, -0.2) is 0 Å². The predicted molar refractivity (Wildman–Crippen MR) is 189 cm³/mol. The van der Waals surface area contributed by atoms with Gasteiger partial charge < -0.3 is 0 Å². The molecule has 0 unspecified atom stereocenters. The first kappa shape index (κ1) is 23.8. The van der Waals surface area contributed by atoms with Crippen molar-refractivity contribution in [2.45, 2.75) is 0 Å². The van der Waals surface area contributed by atoms with Crippen LogP contribution in [0, 0.1) is 0 Å². The molecule has 0 heteroatoms. The highest BCUT2D eigenvalue weighted by molar-refractivity contribution is 6.27. The summed E-state index contributed by atoms with van der Waals surface area (Å²) in [6.45, 7) is 0. The SMILES string of the molecule is c1ccc2c(c1)-c1ccc(-c3ccc4ccc(-c5cc6ccccc6c6ccccc56)cc4c3)c3c1c-2cc1ccccc13. The molecule has 10 rings (SSSR count). The monoisotopic (exact) mass is 554 g/mol. The molecule has 0 aromatic heterocycles. The molecule has 0 bridgehead atoms. The van der Waals surface area contributed by atoms with Gasteiger partial charge in [0.25, 0.3) is 0 Å². The van der Waals surface area contributed by atoms with Gasteiger partial charge in [-0.1, -0.05) is 133 Å². The minimum absolute atomic E-state index is 1.25. The molecule has 0 aliphatic heterocycles. The first-order chi connectivity index (χ1) is 21.8. The van der Waals surface area contributed by atoms with Crippen LogP contribution in [0.5, 0.6) is 0 Å². The standard InChI is InChI=1S/C44H26/c1-3-11-33-28(9-1)25-41(38-15-7-5-13-36(33)38)31-20-18-27-17-19-30(23-32(27)24-31)35-21-22-40-37-14-6-8-16-39(37)42-26-29-10-2-4-12-34(29)43(35)44(40)42/h1-26H. The van der Waals surface area contributed by atoms with E-state index in [1.807, 2.05) is 0 Å². The van der Waals surface area contributed by atoms with Crippen LogP contribution in [0.2, 0.25) is 0 Å². The van der Waals surface area contributed by atoms with Crippen molar-refractivity contribution in [1.82, 2.24) is 0 Å². The van der Waals surface area contributed by atoms with Gasteiger partial charge in [0.15, 0.2) is 0 Å². The summed E-state index contributed by atoms with van der Waals surface area (Å²) in [5, 5.41) is 13.0. The van der Waals surface area contributed by atoms with E-state index in [1.165, 1.54) is 98.4 Å². The molecule has 0 saturated carbocycles. The van der Waals surface area contributed by atoms with Crippen LogP contribution < -0.4 is 0 Å². The molecule has 0 amide bonds. The molecule has 0 radical (unpaired) electrons. The van der Waals surface area contributed by atoms with Gasteiger partial charge in [0.05, 0.1) is 0 Å². The molecule has 1 aliphatic carbocycles. The Morgan fingerprint density at radius 1 is 0.227 bits per heavy atom. The Hall–Kier alpha value is -5.72. The maximum atomic E-state index is 2.39. The van der Waals surface area contributed by atoms with E-state index in [2.05, 4.69) is 158 Å². The van der Waals surface area contributed by atoms with E-state index in [0.717, 1.165) is 0 Å². The van der Waals surface area contributed by atoms with Crippen LogP contribution in [0.3, 0.4) is 0 Å². The minimum atomic E-state index is 1.25. The topological polar surface area (TPSA) is 0 Å². The van der Waals surface area contributed by atoms with Crippen molar-refractivity contribution in [1.29, 1.82) is 0 Å². The van der Waals surface area contributed by atoms with Crippen LogP contribution in [0.25, 0.3) is 98.4 Å². The predicted octanol–water partition coefficient (Wildman–Crippen LogP) is 12.4. The van der Waals surface area contributed by atoms with E-state index in [4.69, 9.17) is 0 Å². The zero-order chi connectivity index (χ0) is 28.8. The minimum Gasteiger partial charge on any atom is -0.0616 e. The summed E-state index contributed by atoms with van der Waals surface area (Å²) in [6, 6.07) is 58.6. The van der Waals surface area contributed by atoms with Crippen molar-refractivity contribution in [3.05, 3.63) is 158 Å².